The second-order valence-corrected chi connectivity index (χ2v) is 4.11. The minimum absolute atomic E-state index is 0.0214. The molecular weight excluding hydrogens is 266 g/mol. The van der Waals surface area contributed by atoms with Crippen LogP contribution in [0.5, 0.6) is 0 Å². The van der Waals surface area contributed by atoms with Gasteiger partial charge in [0.1, 0.15) is 0 Å². The highest BCUT2D eigenvalue weighted by atomic mass is 16.6. The molecule has 1 aromatic carbocycles. The van der Waals surface area contributed by atoms with Gasteiger partial charge in [-0.2, -0.15) is 0 Å². The van der Waals surface area contributed by atoms with E-state index in [2.05, 4.69) is 10.6 Å². The first-order valence-corrected chi connectivity index (χ1v) is 5.90. The van der Waals surface area contributed by atoms with Crippen LogP contribution in [0.25, 0.3) is 0 Å². The molecule has 20 heavy (non-hydrogen) atoms. The van der Waals surface area contributed by atoms with E-state index < -0.39 is 16.9 Å². The Bertz CT molecular complexity index is 500. The second-order valence-electron chi connectivity index (χ2n) is 4.11. The number of carbonyl (C=O) groups excluding carboxylic acids is 1. The van der Waals surface area contributed by atoms with E-state index in [9.17, 15) is 19.7 Å². The van der Waals surface area contributed by atoms with Crippen LogP contribution in [0.15, 0.2) is 24.3 Å². The summed E-state index contributed by atoms with van der Waals surface area (Å²) >= 11 is 0. The Labute approximate surface area is 114 Å². The lowest BCUT2D eigenvalue weighted by Gasteiger charge is -2.14. The zero-order chi connectivity index (χ0) is 15.1. The van der Waals surface area contributed by atoms with Crippen molar-refractivity contribution in [1.82, 2.24) is 10.6 Å². The van der Waals surface area contributed by atoms with E-state index in [1.54, 1.807) is 19.1 Å². The van der Waals surface area contributed by atoms with Crippen molar-refractivity contribution in [3.05, 3.63) is 39.9 Å². The molecule has 0 aliphatic rings. The standard InChI is InChI=1S/C12H15N3O5/c1-8(14-12(18)13-7-6-11(16)17)9-2-4-10(5-3-9)15(19)20/h2-5,8H,6-7H2,1H3,(H,16,17)(H2,13,14,18)/t8-/m0/s1. The smallest absolute Gasteiger partial charge is 0.315 e. The molecule has 0 heterocycles. The number of hydrogen-bond donors (Lipinski definition) is 3. The number of carboxylic acid groups (broad SMARTS) is 1. The zero-order valence-corrected chi connectivity index (χ0v) is 10.8. The lowest BCUT2D eigenvalue weighted by molar-refractivity contribution is -0.384. The monoisotopic (exact) mass is 281 g/mol. The van der Waals surface area contributed by atoms with E-state index in [1.807, 2.05) is 0 Å². The predicted octanol–water partition coefficient (Wildman–Crippen LogP) is 1.43. The first kappa shape index (κ1) is 15.4. The van der Waals surface area contributed by atoms with E-state index in [-0.39, 0.29) is 24.7 Å². The molecule has 0 aliphatic carbocycles. The zero-order valence-electron chi connectivity index (χ0n) is 10.8. The Morgan fingerprint density at radius 2 is 1.95 bits per heavy atom. The van der Waals surface area contributed by atoms with Gasteiger partial charge >= 0.3 is 12.0 Å². The molecule has 1 atom stereocenters. The summed E-state index contributed by atoms with van der Waals surface area (Å²) in [6.07, 6.45) is -0.153. The van der Waals surface area contributed by atoms with Gasteiger partial charge in [0.05, 0.1) is 17.4 Å². The summed E-state index contributed by atoms with van der Waals surface area (Å²) in [4.78, 5) is 31.8. The molecule has 0 spiro atoms. The minimum Gasteiger partial charge on any atom is -0.481 e. The Hall–Kier alpha value is -2.64. The highest BCUT2D eigenvalue weighted by molar-refractivity contribution is 5.75. The first-order chi connectivity index (χ1) is 9.40. The van der Waals surface area contributed by atoms with Gasteiger partial charge in [0.15, 0.2) is 0 Å². The number of nitro benzene ring substituents is 1. The molecule has 0 aliphatic heterocycles. The van der Waals surface area contributed by atoms with E-state index in [4.69, 9.17) is 5.11 Å². The molecule has 0 radical (unpaired) electrons. The number of hydrogen-bond acceptors (Lipinski definition) is 4. The van der Waals surface area contributed by atoms with Crippen LogP contribution in [0.1, 0.15) is 24.9 Å². The summed E-state index contributed by atoms with van der Waals surface area (Å²) in [7, 11) is 0. The third kappa shape index (κ3) is 4.92. The molecule has 8 nitrogen and oxygen atoms in total. The van der Waals surface area contributed by atoms with Gasteiger partial charge in [-0.3, -0.25) is 14.9 Å². The van der Waals surface area contributed by atoms with Crippen LogP contribution in [-0.2, 0) is 4.79 Å². The normalized spacial score (nSPS) is 11.4. The number of nitro groups is 1. The molecule has 0 unspecified atom stereocenters. The maximum Gasteiger partial charge on any atom is 0.315 e. The summed E-state index contributed by atoms with van der Waals surface area (Å²) in [6, 6.07) is 4.99. The molecule has 1 aromatic rings. The van der Waals surface area contributed by atoms with Crippen molar-refractivity contribution in [1.29, 1.82) is 0 Å². The molecule has 2 amide bonds. The maximum atomic E-state index is 11.5. The van der Waals surface area contributed by atoms with Gasteiger partial charge in [0.25, 0.3) is 5.69 Å². The van der Waals surface area contributed by atoms with E-state index >= 15 is 0 Å². The van der Waals surface area contributed by atoms with Crippen molar-refractivity contribution in [2.24, 2.45) is 0 Å². The van der Waals surface area contributed by atoms with Gasteiger partial charge in [0, 0.05) is 18.7 Å². The summed E-state index contributed by atoms with van der Waals surface area (Å²) in [5.74, 6) is -0.992. The highest BCUT2D eigenvalue weighted by Crippen LogP contribution is 2.17. The number of carbonyl (C=O) groups is 2. The third-order valence-electron chi connectivity index (χ3n) is 2.58. The summed E-state index contributed by atoms with van der Waals surface area (Å²) < 4.78 is 0. The summed E-state index contributed by atoms with van der Waals surface area (Å²) in [6.45, 7) is 1.76. The number of nitrogens with zero attached hydrogens (tertiary/aromatic N) is 1. The Balaban J connectivity index is 2.49. The predicted molar refractivity (Wildman–Crippen MR) is 70.3 cm³/mol. The fraction of sp³-hybridized carbons (Fsp3) is 0.333. The van der Waals surface area contributed by atoms with Crippen LogP contribution in [0.4, 0.5) is 10.5 Å². The number of benzene rings is 1. The van der Waals surface area contributed by atoms with Crippen LogP contribution in [0.3, 0.4) is 0 Å². The molecule has 0 saturated heterocycles. The van der Waals surface area contributed by atoms with Gasteiger partial charge in [-0.1, -0.05) is 12.1 Å². The van der Waals surface area contributed by atoms with Gasteiger partial charge in [0.2, 0.25) is 0 Å². The summed E-state index contributed by atoms with van der Waals surface area (Å²) in [5.41, 5.74) is 0.691. The highest BCUT2D eigenvalue weighted by Gasteiger charge is 2.11. The summed E-state index contributed by atoms with van der Waals surface area (Å²) in [5, 5.41) is 24.0. The van der Waals surface area contributed by atoms with Crippen molar-refractivity contribution in [2.75, 3.05) is 6.54 Å². The molecule has 1 rings (SSSR count). The van der Waals surface area contributed by atoms with E-state index in [0.29, 0.717) is 5.56 Å². The quantitative estimate of drug-likeness (QED) is 0.538. The molecule has 0 fully saturated rings. The number of aliphatic carboxylic acids is 1. The van der Waals surface area contributed by atoms with Crippen molar-refractivity contribution in [3.63, 3.8) is 0 Å². The SMILES string of the molecule is C[C@H](NC(=O)NCCC(=O)O)c1ccc([N+](=O)[O-])cc1. The van der Waals surface area contributed by atoms with Crippen LogP contribution in [-0.4, -0.2) is 28.6 Å². The fourth-order valence-corrected chi connectivity index (χ4v) is 1.50. The fourth-order valence-electron chi connectivity index (χ4n) is 1.50. The van der Waals surface area contributed by atoms with Crippen molar-refractivity contribution in [2.45, 2.75) is 19.4 Å². The van der Waals surface area contributed by atoms with Crippen LogP contribution < -0.4 is 10.6 Å². The number of rotatable bonds is 6. The van der Waals surface area contributed by atoms with E-state index in [0.717, 1.165) is 0 Å². The van der Waals surface area contributed by atoms with Crippen LogP contribution >= 0.6 is 0 Å². The lowest BCUT2D eigenvalue weighted by Crippen LogP contribution is -2.38. The average Bonchev–Trinajstić information content (AvgIpc) is 2.38. The van der Waals surface area contributed by atoms with E-state index in [1.165, 1.54) is 12.1 Å². The van der Waals surface area contributed by atoms with Crippen molar-refractivity contribution in [3.8, 4) is 0 Å². The molecule has 0 aromatic heterocycles. The Kier molecular flexibility index (Phi) is 5.45. The lowest BCUT2D eigenvalue weighted by atomic mass is 10.1. The molecule has 8 heteroatoms. The largest absolute Gasteiger partial charge is 0.481 e. The molecule has 0 saturated carbocycles. The second kappa shape index (κ2) is 7.07. The van der Waals surface area contributed by atoms with Crippen molar-refractivity contribution >= 4 is 17.7 Å². The van der Waals surface area contributed by atoms with Gasteiger partial charge in [-0.25, -0.2) is 4.79 Å². The molecule has 3 N–H and O–H groups in total. The molecule has 108 valence electrons. The average molecular weight is 281 g/mol. The van der Waals surface area contributed by atoms with Gasteiger partial charge in [-0.15, -0.1) is 0 Å². The number of urea groups is 1. The Morgan fingerprint density at radius 3 is 2.45 bits per heavy atom. The van der Waals surface area contributed by atoms with Gasteiger partial charge < -0.3 is 15.7 Å². The third-order valence-corrected chi connectivity index (χ3v) is 2.58. The van der Waals surface area contributed by atoms with Gasteiger partial charge in [-0.05, 0) is 12.5 Å². The number of non-ortho nitro benzene ring substituents is 1. The topological polar surface area (TPSA) is 122 Å². The number of carboxylic acids is 1. The Morgan fingerprint density at radius 1 is 1.35 bits per heavy atom. The number of nitrogens with one attached hydrogen (secondary N) is 2. The first-order valence-electron chi connectivity index (χ1n) is 5.90. The minimum atomic E-state index is -0.992. The van der Waals surface area contributed by atoms with Crippen molar-refractivity contribution < 1.29 is 19.6 Å². The van der Waals surface area contributed by atoms with Crippen LogP contribution in [0, 0.1) is 10.1 Å². The van der Waals surface area contributed by atoms with Crippen LogP contribution in [0.2, 0.25) is 0 Å². The molecular formula is C12H15N3O5. The number of amides is 2. The maximum absolute atomic E-state index is 11.5. The molecule has 0 bridgehead atoms.